The Morgan fingerprint density at radius 1 is 1.35 bits per heavy atom. The summed E-state index contributed by atoms with van der Waals surface area (Å²) in [5.74, 6) is 0.896. The molecule has 3 heterocycles. The molecule has 1 saturated heterocycles. The number of rotatable bonds is 3. The van der Waals surface area contributed by atoms with Gasteiger partial charge in [0.25, 0.3) is 5.91 Å². The van der Waals surface area contributed by atoms with Crippen LogP contribution in [0.25, 0.3) is 0 Å². The Hall–Kier alpha value is -1.89. The number of hydrogen-bond donors (Lipinski definition) is 1. The van der Waals surface area contributed by atoms with Crippen molar-refractivity contribution in [1.29, 1.82) is 0 Å². The van der Waals surface area contributed by atoms with Gasteiger partial charge in [-0.15, -0.1) is 0 Å². The lowest BCUT2D eigenvalue weighted by molar-refractivity contribution is 0.0925. The molecule has 2 aromatic rings. The number of hydrogen-bond acceptors (Lipinski definition) is 4. The molecule has 2 aromatic heterocycles. The minimum absolute atomic E-state index is 0.0890. The molecule has 23 heavy (non-hydrogen) atoms. The number of carbonyl (C=O) groups is 1. The van der Waals surface area contributed by atoms with Crippen LogP contribution >= 0.6 is 15.9 Å². The predicted octanol–water partition coefficient (Wildman–Crippen LogP) is 2.28. The zero-order chi connectivity index (χ0) is 16.4. The molecular weight excluding hydrogens is 358 g/mol. The summed E-state index contributed by atoms with van der Waals surface area (Å²) >= 11 is 3.40. The highest BCUT2D eigenvalue weighted by molar-refractivity contribution is 9.10. The van der Waals surface area contributed by atoms with Crippen LogP contribution in [0.15, 0.2) is 28.9 Å². The second-order valence-electron chi connectivity index (χ2n) is 5.86. The van der Waals surface area contributed by atoms with Crippen LogP contribution in [0, 0.1) is 6.92 Å². The molecule has 0 unspecified atom stereocenters. The van der Waals surface area contributed by atoms with Gasteiger partial charge < -0.3 is 10.2 Å². The molecule has 0 aromatic carbocycles. The second kappa shape index (κ2) is 6.70. The first kappa shape index (κ1) is 16.0. The van der Waals surface area contributed by atoms with E-state index in [4.69, 9.17) is 0 Å². The van der Waals surface area contributed by atoms with Crippen molar-refractivity contribution in [3.8, 4) is 0 Å². The van der Waals surface area contributed by atoms with Gasteiger partial charge in [0.05, 0.1) is 0 Å². The molecule has 1 fully saturated rings. The summed E-state index contributed by atoms with van der Waals surface area (Å²) in [6.45, 7) is 3.72. The molecule has 1 N–H and O–H groups in total. The third-order valence-corrected chi connectivity index (χ3v) is 4.68. The van der Waals surface area contributed by atoms with E-state index >= 15 is 0 Å². The lowest BCUT2D eigenvalue weighted by atomic mass is 10.0. The number of aryl methyl sites for hydroxylation is 2. The van der Waals surface area contributed by atoms with Crippen molar-refractivity contribution in [2.45, 2.75) is 25.8 Å². The minimum atomic E-state index is -0.0890. The topological polar surface area (TPSA) is 63.1 Å². The molecule has 0 saturated carbocycles. The van der Waals surface area contributed by atoms with Gasteiger partial charge in [0.15, 0.2) is 0 Å². The van der Waals surface area contributed by atoms with Crippen molar-refractivity contribution < 1.29 is 4.79 Å². The maximum absolute atomic E-state index is 12.2. The smallest absolute Gasteiger partial charge is 0.272 e. The van der Waals surface area contributed by atoms with Gasteiger partial charge >= 0.3 is 0 Å². The average molecular weight is 378 g/mol. The number of halogens is 1. The largest absolute Gasteiger partial charge is 0.356 e. The Morgan fingerprint density at radius 2 is 2.09 bits per heavy atom. The van der Waals surface area contributed by atoms with Gasteiger partial charge in [-0.3, -0.25) is 9.48 Å². The normalized spacial score (nSPS) is 15.7. The summed E-state index contributed by atoms with van der Waals surface area (Å²) in [7, 11) is 1.84. The number of nitrogens with one attached hydrogen (secondary N) is 1. The summed E-state index contributed by atoms with van der Waals surface area (Å²) in [5.41, 5.74) is 1.47. The first-order valence-electron chi connectivity index (χ1n) is 7.71. The van der Waals surface area contributed by atoms with Crippen molar-refractivity contribution in [3.05, 3.63) is 40.3 Å². The quantitative estimate of drug-likeness (QED) is 0.890. The molecular formula is C16H20BrN5O. The summed E-state index contributed by atoms with van der Waals surface area (Å²) in [6.07, 6.45) is 3.64. The number of anilines is 1. The van der Waals surface area contributed by atoms with Gasteiger partial charge in [0, 0.05) is 42.5 Å². The van der Waals surface area contributed by atoms with Crippen LogP contribution in [-0.4, -0.2) is 39.8 Å². The van der Waals surface area contributed by atoms with Crippen molar-refractivity contribution in [3.63, 3.8) is 0 Å². The molecule has 1 amide bonds. The predicted molar refractivity (Wildman–Crippen MR) is 92.6 cm³/mol. The Bertz CT molecular complexity index is 669. The van der Waals surface area contributed by atoms with Crippen LogP contribution in [0.3, 0.4) is 0 Å². The standard InChI is InChI=1S/C16H20BrN5O/c1-11-9-14(20-21(11)2)16(23)19-13-5-7-22(8-6-13)15-4-3-12(17)10-18-15/h3-4,9-10,13H,5-8H2,1-2H3,(H,19,23). The van der Waals surface area contributed by atoms with Gasteiger partial charge in [-0.05, 0) is 53.9 Å². The van der Waals surface area contributed by atoms with Crippen molar-refractivity contribution >= 4 is 27.7 Å². The zero-order valence-corrected chi connectivity index (χ0v) is 14.9. The number of nitrogens with zero attached hydrogens (tertiary/aromatic N) is 4. The first-order valence-corrected chi connectivity index (χ1v) is 8.50. The number of amides is 1. The molecule has 1 aliphatic heterocycles. The average Bonchev–Trinajstić information content (AvgIpc) is 2.88. The number of pyridine rings is 1. The van der Waals surface area contributed by atoms with E-state index in [1.807, 2.05) is 38.4 Å². The van der Waals surface area contributed by atoms with Gasteiger partial charge in [-0.2, -0.15) is 5.10 Å². The highest BCUT2D eigenvalue weighted by atomic mass is 79.9. The Labute approximate surface area is 144 Å². The van der Waals surface area contributed by atoms with Gasteiger partial charge in [0.1, 0.15) is 11.5 Å². The SMILES string of the molecule is Cc1cc(C(=O)NC2CCN(c3ccc(Br)cn3)CC2)nn1C. The van der Waals surface area contributed by atoms with Gasteiger partial charge in [-0.25, -0.2) is 4.98 Å². The Balaban J connectivity index is 1.54. The van der Waals surface area contributed by atoms with E-state index in [0.29, 0.717) is 5.69 Å². The van der Waals surface area contributed by atoms with E-state index in [1.165, 1.54) is 0 Å². The van der Waals surface area contributed by atoms with Crippen LogP contribution in [0.4, 0.5) is 5.82 Å². The van der Waals surface area contributed by atoms with Crippen LogP contribution in [0.2, 0.25) is 0 Å². The molecule has 0 radical (unpaired) electrons. The monoisotopic (exact) mass is 377 g/mol. The van der Waals surface area contributed by atoms with E-state index in [2.05, 4.69) is 36.2 Å². The summed E-state index contributed by atoms with van der Waals surface area (Å²) in [4.78, 5) is 18.9. The lowest BCUT2D eigenvalue weighted by Gasteiger charge is -2.33. The maximum atomic E-state index is 12.2. The third-order valence-electron chi connectivity index (χ3n) is 4.21. The van der Waals surface area contributed by atoms with E-state index < -0.39 is 0 Å². The summed E-state index contributed by atoms with van der Waals surface area (Å²) in [6, 6.07) is 6.02. The van der Waals surface area contributed by atoms with Crippen LogP contribution in [0.5, 0.6) is 0 Å². The molecule has 6 nitrogen and oxygen atoms in total. The number of piperidine rings is 1. The van der Waals surface area contributed by atoms with E-state index in [9.17, 15) is 4.79 Å². The molecule has 7 heteroatoms. The number of carbonyl (C=O) groups excluding carboxylic acids is 1. The third kappa shape index (κ3) is 3.72. The highest BCUT2D eigenvalue weighted by Crippen LogP contribution is 2.19. The number of aromatic nitrogens is 3. The van der Waals surface area contributed by atoms with Crippen LogP contribution < -0.4 is 10.2 Å². The van der Waals surface area contributed by atoms with Crippen LogP contribution in [0.1, 0.15) is 29.0 Å². The molecule has 3 rings (SSSR count). The Kier molecular flexibility index (Phi) is 4.66. The van der Waals surface area contributed by atoms with E-state index in [0.717, 1.165) is 41.9 Å². The first-order chi connectivity index (χ1) is 11.0. The van der Waals surface area contributed by atoms with Gasteiger partial charge in [0.2, 0.25) is 0 Å². The fraction of sp³-hybridized carbons (Fsp3) is 0.438. The molecule has 0 bridgehead atoms. The molecule has 1 aliphatic rings. The molecule has 0 spiro atoms. The lowest BCUT2D eigenvalue weighted by Crippen LogP contribution is -2.45. The van der Waals surface area contributed by atoms with Crippen molar-refractivity contribution in [2.75, 3.05) is 18.0 Å². The molecule has 0 aliphatic carbocycles. The second-order valence-corrected chi connectivity index (χ2v) is 6.78. The maximum Gasteiger partial charge on any atom is 0.272 e. The minimum Gasteiger partial charge on any atom is -0.356 e. The van der Waals surface area contributed by atoms with E-state index in [-0.39, 0.29) is 11.9 Å². The van der Waals surface area contributed by atoms with E-state index in [1.54, 1.807) is 4.68 Å². The van der Waals surface area contributed by atoms with Crippen molar-refractivity contribution in [1.82, 2.24) is 20.1 Å². The van der Waals surface area contributed by atoms with Crippen LogP contribution in [-0.2, 0) is 7.05 Å². The fourth-order valence-electron chi connectivity index (χ4n) is 2.74. The molecule has 0 atom stereocenters. The summed E-state index contributed by atoms with van der Waals surface area (Å²) in [5, 5.41) is 7.31. The Morgan fingerprint density at radius 3 is 2.65 bits per heavy atom. The highest BCUT2D eigenvalue weighted by Gasteiger charge is 2.22. The summed E-state index contributed by atoms with van der Waals surface area (Å²) < 4.78 is 2.70. The van der Waals surface area contributed by atoms with Crippen molar-refractivity contribution in [2.24, 2.45) is 7.05 Å². The zero-order valence-electron chi connectivity index (χ0n) is 13.3. The fourth-order valence-corrected chi connectivity index (χ4v) is 2.97. The molecule has 122 valence electrons. The van der Waals surface area contributed by atoms with Gasteiger partial charge in [-0.1, -0.05) is 0 Å².